The van der Waals surface area contributed by atoms with Crippen molar-refractivity contribution in [2.24, 2.45) is 0 Å². The standard InChI is InChI=1S/C13H18N4OS2/c1-3-9(18)11-10(14)12(19-2)13(20-11)15-6-8-17-7-4-5-16-17/h4-5,7,15H,3,6,8,14H2,1-2H3. The lowest BCUT2D eigenvalue weighted by Gasteiger charge is -2.06. The van der Waals surface area contributed by atoms with Crippen LogP contribution in [0.5, 0.6) is 0 Å². The minimum Gasteiger partial charge on any atom is -0.396 e. The Morgan fingerprint density at radius 3 is 3.00 bits per heavy atom. The molecule has 0 aliphatic heterocycles. The Morgan fingerprint density at radius 2 is 2.40 bits per heavy atom. The molecule has 0 aromatic carbocycles. The second-order valence-electron chi connectivity index (χ2n) is 4.18. The number of nitrogen functional groups attached to an aromatic ring is 1. The van der Waals surface area contributed by atoms with Gasteiger partial charge in [0.15, 0.2) is 5.78 Å². The molecule has 20 heavy (non-hydrogen) atoms. The molecular weight excluding hydrogens is 292 g/mol. The minimum atomic E-state index is 0.0999. The predicted molar refractivity (Wildman–Crippen MR) is 85.9 cm³/mol. The molecule has 0 aliphatic carbocycles. The summed E-state index contributed by atoms with van der Waals surface area (Å²) in [6, 6.07) is 1.90. The fraction of sp³-hybridized carbons (Fsp3) is 0.385. The Bertz CT molecular complexity index is 577. The lowest BCUT2D eigenvalue weighted by molar-refractivity contribution is 0.0992. The van der Waals surface area contributed by atoms with Gasteiger partial charge in [-0.2, -0.15) is 5.10 Å². The van der Waals surface area contributed by atoms with Gasteiger partial charge in [-0.1, -0.05) is 6.92 Å². The smallest absolute Gasteiger partial charge is 0.174 e. The van der Waals surface area contributed by atoms with E-state index >= 15 is 0 Å². The van der Waals surface area contributed by atoms with Gasteiger partial charge < -0.3 is 11.1 Å². The van der Waals surface area contributed by atoms with Crippen LogP contribution in [0.25, 0.3) is 0 Å². The summed E-state index contributed by atoms with van der Waals surface area (Å²) in [6.45, 7) is 3.37. The fourth-order valence-corrected chi connectivity index (χ4v) is 3.90. The molecular formula is C13H18N4OS2. The highest BCUT2D eigenvalue weighted by atomic mass is 32.2. The lowest BCUT2D eigenvalue weighted by atomic mass is 10.2. The van der Waals surface area contributed by atoms with E-state index < -0.39 is 0 Å². The van der Waals surface area contributed by atoms with Crippen LogP contribution in [0, 0.1) is 0 Å². The zero-order valence-electron chi connectivity index (χ0n) is 11.5. The molecule has 7 heteroatoms. The van der Waals surface area contributed by atoms with E-state index in [-0.39, 0.29) is 5.78 Å². The van der Waals surface area contributed by atoms with E-state index in [9.17, 15) is 4.79 Å². The first-order chi connectivity index (χ1) is 9.67. The second-order valence-corrected chi connectivity index (χ2v) is 6.02. The number of carbonyl (C=O) groups excluding carboxylic acids is 1. The number of thiophene rings is 1. The molecule has 0 unspecified atom stereocenters. The molecule has 2 heterocycles. The highest BCUT2D eigenvalue weighted by molar-refractivity contribution is 7.99. The molecule has 0 saturated heterocycles. The van der Waals surface area contributed by atoms with Crippen molar-refractivity contribution in [1.82, 2.24) is 9.78 Å². The molecule has 2 aromatic heterocycles. The number of carbonyl (C=O) groups is 1. The van der Waals surface area contributed by atoms with Crippen molar-refractivity contribution >= 4 is 39.6 Å². The van der Waals surface area contributed by atoms with Crippen LogP contribution >= 0.6 is 23.1 Å². The van der Waals surface area contributed by atoms with Crippen molar-refractivity contribution in [3.05, 3.63) is 23.3 Å². The van der Waals surface area contributed by atoms with Gasteiger partial charge in [-0.3, -0.25) is 9.48 Å². The molecule has 108 valence electrons. The summed E-state index contributed by atoms with van der Waals surface area (Å²) in [5.41, 5.74) is 6.68. The van der Waals surface area contributed by atoms with Crippen LogP contribution in [0.4, 0.5) is 10.7 Å². The first-order valence-electron chi connectivity index (χ1n) is 6.38. The normalized spacial score (nSPS) is 10.7. The molecule has 5 nitrogen and oxygen atoms in total. The maximum atomic E-state index is 11.9. The average molecular weight is 310 g/mol. The number of anilines is 2. The van der Waals surface area contributed by atoms with E-state index in [2.05, 4.69) is 10.4 Å². The van der Waals surface area contributed by atoms with E-state index in [1.165, 1.54) is 11.3 Å². The monoisotopic (exact) mass is 310 g/mol. The predicted octanol–water partition coefficient (Wildman–Crippen LogP) is 2.95. The van der Waals surface area contributed by atoms with Crippen molar-refractivity contribution in [2.45, 2.75) is 24.8 Å². The van der Waals surface area contributed by atoms with Crippen molar-refractivity contribution in [3.63, 3.8) is 0 Å². The number of nitrogens with two attached hydrogens (primary N) is 1. The molecule has 0 aliphatic rings. The van der Waals surface area contributed by atoms with Gasteiger partial charge in [-0.15, -0.1) is 23.1 Å². The first kappa shape index (κ1) is 14.9. The molecule has 0 bridgehead atoms. The van der Waals surface area contributed by atoms with Gasteiger partial charge in [-0.25, -0.2) is 0 Å². The SMILES string of the molecule is CCC(=O)c1sc(NCCn2cccn2)c(SC)c1N. The van der Waals surface area contributed by atoms with Crippen molar-refractivity contribution in [3.8, 4) is 0 Å². The quantitative estimate of drug-likeness (QED) is 0.607. The largest absolute Gasteiger partial charge is 0.396 e. The maximum Gasteiger partial charge on any atom is 0.174 e. The topological polar surface area (TPSA) is 72.9 Å². The third kappa shape index (κ3) is 3.16. The van der Waals surface area contributed by atoms with Crippen LogP contribution in [0.3, 0.4) is 0 Å². The number of rotatable bonds is 7. The van der Waals surface area contributed by atoms with Crippen molar-refractivity contribution < 1.29 is 4.79 Å². The molecule has 0 atom stereocenters. The number of thioether (sulfide) groups is 1. The van der Waals surface area contributed by atoms with E-state index in [0.717, 1.165) is 23.0 Å². The van der Waals surface area contributed by atoms with Gasteiger partial charge in [-0.05, 0) is 12.3 Å². The van der Waals surface area contributed by atoms with Crippen molar-refractivity contribution in [2.75, 3.05) is 23.9 Å². The van der Waals surface area contributed by atoms with Crippen LogP contribution < -0.4 is 11.1 Å². The van der Waals surface area contributed by atoms with E-state index in [1.807, 2.05) is 30.1 Å². The Balaban J connectivity index is 2.08. The number of aromatic nitrogens is 2. The number of nitrogens with one attached hydrogen (secondary N) is 1. The fourth-order valence-electron chi connectivity index (χ4n) is 1.83. The molecule has 3 N–H and O–H groups in total. The van der Waals surface area contributed by atoms with Crippen molar-refractivity contribution in [1.29, 1.82) is 0 Å². The number of Topliss-reactive ketones (excluding diaryl/α,β-unsaturated/α-hetero) is 1. The van der Waals surface area contributed by atoms with Gasteiger partial charge >= 0.3 is 0 Å². The Morgan fingerprint density at radius 1 is 1.60 bits per heavy atom. The summed E-state index contributed by atoms with van der Waals surface area (Å²) in [4.78, 5) is 13.5. The zero-order valence-corrected chi connectivity index (χ0v) is 13.2. The highest BCUT2D eigenvalue weighted by Gasteiger charge is 2.19. The summed E-state index contributed by atoms with van der Waals surface area (Å²) >= 11 is 3.01. The summed E-state index contributed by atoms with van der Waals surface area (Å²) in [7, 11) is 0. The van der Waals surface area contributed by atoms with E-state index in [4.69, 9.17) is 5.73 Å². The maximum absolute atomic E-state index is 11.9. The Hall–Kier alpha value is -1.47. The third-order valence-electron chi connectivity index (χ3n) is 2.86. The Labute approximate surface area is 126 Å². The minimum absolute atomic E-state index is 0.0999. The molecule has 0 saturated carbocycles. The highest BCUT2D eigenvalue weighted by Crippen LogP contribution is 2.42. The van der Waals surface area contributed by atoms with Gasteiger partial charge in [0.2, 0.25) is 0 Å². The van der Waals surface area contributed by atoms with E-state index in [0.29, 0.717) is 17.0 Å². The van der Waals surface area contributed by atoms with Crippen LogP contribution in [0.2, 0.25) is 0 Å². The van der Waals surface area contributed by atoms with Crippen LogP contribution in [0.1, 0.15) is 23.0 Å². The number of hydrogen-bond acceptors (Lipinski definition) is 6. The van der Waals surface area contributed by atoms with Gasteiger partial charge in [0.25, 0.3) is 0 Å². The molecule has 0 amide bonds. The summed E-state index contributed by atoms with van der Waals surface area (Å²) in [6.07, 6.45) is 6.13. The molecule has 2 rings (SSSR count). The lowest BCUT2D eigenvalue weighted by Crippen LogP contribution is -2.10. The number of nitrogens with zero attached hydrogens (tertiary/aromatic N) is 2. The molecule has 0 spiro atoms. The second kappa shape index (κ2) is 6.81. The summed E-state index contributed by atoms with van der Waals surface area (Å²) in [5, 5.41) is 8.47. The number of hydrogen-bond donors (Lipinski definition) is 2. The average Bonchev–Trinajstić information content (AvgIpc) is 3.06. The van der Waals surface area contributed by atoms with Gasteiger partial charge in [0.1, 0.15) is 5.00 Å². The van der Waals surface area contributed by atoms with Gasteiger partial charge in [0.05, 0.1) is 22.0 Å². The molecule has 0 fully saturated rings. The van der Waals surface area contributed by atoms with Crippen LogP contribution in [-0.4, -0.2) is 28.4 Å². The van der Waals surface area contributed by atoms with E-state index in [1.54, 1.807) is 18.0 Å². The van der Waals surface area contributed by atoms with Crippen LogP contribution in [0.15, 0.2) is 23.4 Å². The first-order valence-corrected chi connectivity index (χ1v) is 8.42. The van der Waals surface area contributed by atoms with Gasteiger partial charge in [0, 0.05) is 25.4 Å². The Kier molecular flexibility index (Phi) is 5.08. The third-order valence-corrected chi connectivity index (χ3v) is 5.03. The summed E-state index contributed by atoms with van der Waals surface area (Å²) in [5.74, 6) is 0.0999. The molecule has 0 radical (unpaired) electrons. The van der Waals surface area contributed by atoms with Crippen LogP contribution in [-0.2, 0) is 6.54 Å². The zero-order chi connectivity index (χ0) is 14.5. The molecule has 2 aromatic rings. The number of ketones is 1. The summed E-state index contributed by atoms with van der Waals surface area (Å²) < 4.78 is 1.86.